The van der Waals surface area contributed by atoms with E-state index in [-0.39, 0.29) is 0 Å². The zero-order valence-corrected chi connectivity index (χ0v) is 9.14. The fourth-order valence-electron chi connectivity index (χ4n) is 2.06. The Hall–Kier alpha value is -0.670. The molecule has 0 spiro atoms. The monoisotopic (exact) mass is 209 g/mol. The topological polar surface area (TPSA) is 29.1 Å². The first-order valence-electron chi connectivity index (χ1n) is 5.09. The van der Waals surface area contributed by atoms with Crippen molar-refractivity contribution < 1.29 is 4.79 Å². The summed E-state index contributed by atoms with van der Waals surface area (Å²) in [4.78, 5) is 12.8. The van der Waals surface area contributed by atoms with E-state index < -0.39 is 0 Å². The molecule has 0 bridgehead atoms. The SMILES string of the molecule is CC1NCCCC1c1ccc(C=O)s1. The maximum atomic E-state index is 10.6. The summed E-state index contributed by atoms with van der Waals surface area (Å²) in [6, 6.07) is 4.57. The van der Waals surface area contributed by atoms with E-state index in [4.69, 9.17) is 0 Å². The van der Waals surface area contributed by atoms with Gasteiger partial charge in [-0.05, 0) is 38.4 Å². The second kappa shape index (κ2) is 4.24. The van der Waals surface area contributed by atoms with Gasteiger partial charge >= 0.3 is 0 Å². The highest BCUT2D eigenvalue weighted by molar-refractivity contribution is 7.13. The molecular weight excluding hydrogens is 194 g/mol. The number of carbonyl (C=O) groups is 1. The van der Waals surface area contributed by atoms with Crippen LogP contribution in [0.5, 0.6) is 0 Å². The average molecular weight is 209 g/mol. The van der Waals surface area contributed by atoms with Crippen LogP contribution < -0.4 is 5.32 Å². The number of thiophene rings is 1. The molecule has 0 amide bonds. The molecule has 76 valence electrons. The summed E-state index contributed by atoms with van der Waals surface area (Å²) in [6.07, 6.45) is 3.42. The third-order valence-electron chi connectivity index (χ3n) is 2.89. The van der Waals surface area contributed by atoms with E-state index in [0.717, 1.165) is 17.7 Å². The first-order chi connectivity index (χ1) is 6.81. The zero-order valence-electron chi connectivity index (χ0n) is 8.32. The minimum Gasteiger partial charge on any atom is -0.314 e. The van der Waals surface area contributed by atoms with Crippen molar-refractivity contribution in [2.24, 2.45) is 0 Å². The lowest BCUT2D eigenvalue weighted by Crippen LogP contribution is -2.37. The first-order valence-corrected chi connectivity index (χ1v) is 5.91. The predicted molar refractivity (Wildman–Crippen MR) is 59.1 cm³/mol. The maximum absolute atomic E-state index is 10.6. The molecule has 1 aromatic heterocycles. The summed E-state index contributed by atoms with van der Waals surface area (Å²) >= 11 is 1.64. The van der Waals surface area contributed by atoms with Crippen LogP contribution in [0.3, 0.4) is 0 Å². The number of rotatable bonds is 2. The van der Waals surface area contributed by atoms with E-state index in [1.165, 1.54) is 17.7 Å². The van der Waals surface area contributed by atoms with E-state index >= 15 is 0 Å². The van der Waals surface area contributed by atoms with Gasteiger partial charge < -0.3 is 5.32 Å². The minimum absolute atomic E-state index is 0.543. The van der Waals surface area contributed by atoms with Crippen molar-refractivity contribution >= 4 is 17.6 Å². The van der Waals surface area contributed by atoms with Crippen LogP contribution in [0, 0.1) is 0 Å². The van der Waals surface area contributed by atoms with Gasteiger partial charge in [-0.2, -0.15) is 0 Å². The Bertz CT molecular complexity index is 321. The molecule has 0 aliphatic carbocycles. The Morgan fingerprint density at radius 3 is 3.07 bits per heavy atom. The number of aldehydes is 1. The molecule has 1 fully saturated rings. The Kier molecular flexibility index (Phi) is 2.99. The van der Waals surface area contributed by atoms with E-state index in [2.05, 4.69) is 18.3 Å². The van der Waals surface area contributed by atoms with Crippen LogP contribution in [0.15, 0.2) is 12.1 Å². The summed E-state index contributed by atoms with van der Waals surface area (Å²) in [6.45, 7) is 3.35. The smallest absolute Gasteiger partial charge is 0.160 e. The van der Waals surface area contributed by atoms with Gasteiger partial charge in [0.2, 0.25) is 0 Å². The number of hydrogen-bond acceptors (Lipinski definition) is 3. The highest BCUT2D eigenvalue weighted by Crippen LogP contribution is 2.32. The number of carbonyl (C=O) groups excluding carboxylic acids is 1. The molecule has 1 aromatic rings. The molecule has 3 heteroatoms. The van der Waals surface area contributed by atoms with Gasteiger partial charge in [-0.3, -0.25) is 4.79 Å². The lowest BCUT2D eigenvalue weighted by atomic mass is 9.91. The average Bonchev–Trinajstić information content (AvgIpc) is 2.67. The largest absolute Gasteiger partial charge is 0.314 e. The predicted octanol–water partition coefficient (Wildman–Crippen LogP) is 2.42. The summed E-state index contributed by atoms with van der Waals surface area (Å²) in [5.41, 5.74) is 0. The summed E-state index contributed by atoms with van der Waals surface area (Å²) in [5.74, 6) is 0.599. The standard InChI is InChI=1S/C11H15NOS/c1-8-10(3-2-6-12-8)11-5-4-9(7-13)14-11/h4-5,7-8,10,12H,2-3,6H2,1H3. The highest BCUT2D eigenvalue weighted by Gasteiger charge is 2.23. The molecule has 2 nitrogen and oxygen atoms in total. The lowest BCUT2D eigenvalue weighted by Gasteiger charge is -2.29. The van der Waals surface area contributed by atoms with Gasteiger partial charge in [0.25, 0.3) is 0 Å². The van der Waals surface area contributed by atoms with Crippen LogP contribution in [0.4, 0.5) is 0 Å². The van der Waals surface area contributed by atoms with Crippen molar-refractivity contribution in [1.82, 2.24) is 5.32 Å². The molecule has 0 aromatic carbocycles. The van der Waals surface area contributed by atoms with Gasteiger partial charge in [0.1, 0.15) is 0 Å². The van der Waals surface area contributed by atoms with Gasteiger partial charge in [0.05, 0.1) is 4.88 Å². The van der Waals surface area contributed by atoms with Crippen LogP contribution in [-0.4, -0.2) is 18.9 Å². The van der Waals surface area contributed by atoms with Crippen molar-refractivity contribution in [2.45, 2.75) is 31.7 Å². The van der Waals surface area contributed by atoms with Crippen LogP contribution >= 0.6 is 11.3 Å². The molecule has 0 saturated carbocycles. The van der Waals surface area contributed by atoms with Crippen LogP contribution in [0.1, 0.15) is 40.2 Å². The Morgan fingerprint density at radius 1 is 1.57 bits per heavy atom. The second-order valence-corrected chi connectivity index (χ2v) is 5.00. The number of nitrogens with one attached hydrogen (secondary N) is 1. The molecule has 2 unspecified atom stereocenters. The van der Waals surface area contributed by atoms with E-state index in [1.54, 1.807) is 11.3 Å². The quantitative estimate of drug-likeness (QED) is 0.758. The van der Waals surface area contributed by atoms with E-state index in [0.29, 0.717) is 12.0 Å². The summed E-state index contributed by atoms with van der Waals surface area (Å²) < 4.78 is 0. The third kappa shape index (κ3) is 1.88. The minimum atomic E-state index is 0.543. The van der Waals surface area contributed by atoms with Crippen molar-refractivity contribution in [3.63, 3.8) is 0 Å². The fraction of sp³-hybridized carbons (Fsp3) is 0.545. The van der Waals surface area contributed by atoms with Gasteiger partial charge in [-0.25, -0.2) is 0 Å². The molecule has 2 heterocycles. The number of hydrogen-bond donors (Lipinski definition) is 1. The van der Waals surface area contributed by atoms with Crippen LogP contribution in [-0.2, 0) is 0 Å². The molecule has 0 radical (unpaired) electrons. The number of piperidine rings is 1. The first kappa shape index (κ1) is 9.87. The molecule has 2 rings (SSSR count). The van der Waals surface area contributed by atoms with Crippen LogP contribution in [0.2, 0.25) is 0 Å². The van der Waals surface area contributed by atoms with Gasteiger partial charge in [-0.15, -0.1) is 11.3 Å². The van der Waals surface area contributed by atoms with Gasteiger partial charge in [-0.1, -0.05) is 0 Å². The Balaban J connectivity index is 2.16. The lowest BCUT2D eigenvalue weighted by molar-refractivity contribution is 0.112. The molecule has 2 atom stereocenters. The maximum Gasteiger partial charge on any atom is 0.160 e. The van der Waals surface area contributed by atoms with E-state index in [1.807, 2.05) is 6.07 Å². The normalized spacial score (nSPS) is 27.5. The second-order valence-electron chi connectivity index (χ2n) is 3.85. The fourth-order valence-corrected chi connectivity index (χ4v) is 3.13. The highest BCUT2D eigenvalue weighted by atomic mass is 32.1. The molecule has 1 saturated heterocycles. The van der Waals surface area contributed by atoms with Gasteiger partial charge in [0, 0.05) is 16.8 Å². The zero-order chi connectivity index (χ0) is 9.97. The summed E-state index contributed by atoms with van der Waals surface area (Å²) in [7, 11) is 0. The molecular formula is C11H15NOS. The third-order valence-corrected chi connectivity index (χ3v) is 4.03. The van der Waals surface area contributed by atoms with Crippen molar-refractivity contribution in [3.05, 3.63) is 21.9 Å². The molecule has 14 heavy (non-hydrogen) atoms. The molecule has 1 N–H and O–H groups in total. The Labute approximate surface area is 88.3 Å². The Morgan fingerprint density at radius 2 is 2.43 bits per heavy atom. The molecule has 1 aliphatic heterocycles. The van der Waals surface area contributed by atoms with Crippen molar-refractivity contribution in [2.75, 3.05) is 6.54 Å². The van der Waals surface area contributed by atoms with E-state index in [9.17, 15) is 4.79 Å². The summed E-state index contributed by atoms with van der Waals surface area (Å²) in [5, 5.41) is 3.48. The van der Waals surface area contributed by atoms with Gasteiger partial charge in [0.15, 0.2) is 6.29 Å². The van der Waals surface area contributed by atoms with Crippen molar-refractivity contribution in [3.8, 4) is 0 Å². The van der Waals surface area contributed by atoms with Crippen LogP contribution in [0.25, 0.3) is 0 Å². The molecule has 1 aliphatic rings. The van der Waals surface area contributed by atoms with Crippen molar-refractivity contribution in [1.29, 1.82) is 0 Å².